The van der Waals surface area contributed by atoms with Gasteiger partial charge in [0.25, 0.3) is 5.56 Å². The van der Waals surface area contributed by atoms with E-state index < -0.39 is 0 Å². The van der Waals surface area contributed by atoms with Gasteiger partial charge in [-0.25, -0.2) is 4.98 Å². The van der Waals surface area contributed by atoms with Gasteiger partial charge in [-0.2, -0.15) is 4.68 Å². The van der Waals surface area contributed by atoms with Crippen molar-refractivity contribution >= 4 is 16.6 Å². The predicted octanol–water partition coefficient (Wildman–Crippen LogP) is 2.70. The monoisotopic (exact) mass is 390 g/mol. The van der Waals surface area contributed by atoms with Crippen molar-refractivity contribution in [2.45, 2.75) is 44.8 Å². The Kier molecular flexibility index (Phi) is 3.50. The molecule has 8 nitrogen and oxygen atoms in total. The number of hydrogen-bond acceptors (Lipinski definition) is 5. The molecule has 0 bridgehead atoms. The van der Waals surface area contributed by atoms with Gasteiger partial charge in [0.05, 0.1) is 35.1 Å². The van der Waals surface area contributed by atoms with Crippen LogP contribution in [0.5, 0.6) is 0 Å². The second-order valence-electron chi connectivity index (χ2n) is 8.29. The van der Waals surface area contributed by atoms with Gasteiger partial charge in [0.2, 0.25) is 0 Å². The molecule has 2 fully saturated rings. The Bertz CT molecular complexity index is 1300. The summed E-state index contributed by atoms with van der Waals surface area (Å²) in [6, 6.07) is 7.94. The van der Waals surface area contributed by atoms with E-state index in [1.165, 1.54) is 0 Å². The van der Waals surface area contributed by atoms with Crippen LogP contribution in [0, 0.1) is 5.92 Å². The van der Waals surface area contributed by atoms with Gasteiger partial charge in [-0.15, -0.1) is 5.10 Å². The molecule has 3 aromatic heterocycles. The van der Waals surface area contributed by atoms with Gasteiger partial charge in [-0.05, 0) is 37.8 Å². The Hall–Kier alpha value is -3.00. The summed E-state index contributed by atoms with van der Waals surface area (Å²) in [6.07, 6.45) is 5.56. The highest BCUT2D eigenvalue weighted by Gasteiger charge is 2.36. The molecule has 1 aliphatic carbocycles. The van der Waals surface area contributed by atoms with Gasteiger partial charge in [0.15, 0.2) is 11.3 Å². The minimum Gasteiger partial charge on any atom is -0.376 e. The Labute approximate surface area is 166 Å². The van der Waals surface area contributed by atoms with E-state index in [1.807, 2.05) is 46.4 Å². The van der Waals surface area contributed by atoms with Crippen molar-refractivity contribution in [1.82, 2.24) is 28.9 Å². The summed E-state index contributed by atoms with van der Waals surface area (Å²) in [7, 11) is 0. The van der Waals surface area contributed by atoms with Crippen molar-refractivity contribution in [2.24, 2.45) is 5.92 Å². The Morgan fingerprint density at radius 2 is 1.97 bits per heavy atom. The summed E-state index contributed by atoms with van der Waals surface area (Å²) >= 11 is 0. The molecule has 4 aromatic rings. The van der Waals surface area contributed by atoms with Crippen LogP contribution in [0.25, 0.3) is 22.4 Å². The Morgan fingerprint density at radius 1 is 1.17 bits per heavy atom. The van der Waals surface area contributed by atoms with Crippen LogP contribution in [0.4, 0.5) is 0 Å². The highest BCUT2D eigenvalue weighted by atomic mass is 16.5. The van der Waals surface area contributed by atoms with Gasteiger partial charge in [-0.3, -0.25) is 13.8 Å². The molecule has 4 heterocycles. The largest absolute Gasteiger partial charge is 0.376 e. The average molecular weight is 390 g/mol. The second kappa shape index (κ2) is 6.00. The second-order valence-corrected chi connectivity index (χ2v) is 8.29. The van der Waals surface area contributed by atoms with Crippen LogP contribution in [0.1, 0.15) is 44.3 Å². The molecular weight excluding hydrogens is 368 g/mol. The number of ether oxygens (including phenoxy) is 1. The van der Waals surface area contributed by atoms with Crippen LogP contribution in [0.15, 0.2) is 41.6 Å². The molecule has 6 rings (SSSR count). The van der Waals surface area contributed by atoms with Gasteiger partial charge in [0, 0.05) is 12.5 Å². The first-order chi connectivity index (χ1) is 14.1. The van der Waals surface area contributed by atoms with Crippen molar-refractivity contribution in [1.29, 1.82) is 0 Å². The van der Waals surface area contributed by atoms with Crippen LogP contribution >= 0.6 is 0 Å². The first-order valence-electron chi connectivity index (χ1n) is 10.2. The van der Waals surface area contributed by atoms with Gasteiger partial charge in [0.1, 0.15) is 6.33 Å². The molecule has 29 heavy (non-hydrogen) atoms. The number of hydrogen-bond donors (Lipinski definition) is 0. The number of fused-ring (bicyclic) bond motifs is 3. The number of nitrogens with zero attached hydrogens (tertiary/aromatic N) is 6. The summed E-state index contributed by atoms with van der Waals surface area (Å²) in [5.41, 5.74) is 3.24. The lowest BCUT2D eigenvalue weighted by Gasteiger charge is -2.20. The minimum absolute atomic E-state index is 0.00114. The Morgan fingerprint density at radius 3 is 2.69 bits per heavy atom. The molecule has 1 saturated carbocycles. The minimum atomic E-state index is -0.0737. The quantitative estimate of drug-likeness (QED) is 0.537. The molecule has 0 radical (unpaired) electrons. The van der Waals surface area contributed by atoms with Crippen LogP contribution < -0.4 is 5.56 Å². The molecule has 8 heteroatoms. The summed E-state index contributed by atoms with van der Waals surface area (Å²) in [6.45, 7) is 4.90. The predicted molar refractivity (Wildman–Crippen MR) is 107 cm³/mol. The van der Waals surface area contributed by atoms with Crippen LogP contribution in [-0.4, -0.2) is 41.7 Å². The average Bonchev–Trinajstić information content (AvgIpc) is 3.15. The lowest BCUT2D eigenvalue weighted by atomic mass is 10.1. The van der Waals surface area contributed by atoms with E-state index in [0.717, 1.165) is 29.6 Å². The van der Waals surface area contributed by atoms with E-state index >= 15 is 0 Å². The SMILES string of the molecule is CC1CC1c1cn(-c2ncn3c2c(=O)n(C2CCOC2C)c2ccccc23)nn1. The third-order valence-corrected chi connectivity index (χ3v) is 6.46. The topological polar surface area (TPSA) is 79.2 Å². The van der Waals surface area contributed by atoms with Crippen molar-refractivity contribution in [3.8, 4) is 5.82 Å². The maximum atomic E-state index is 13.7. The summed E-state index contributed by atoms with van der Waals surface area (Å²) in [5, 5.41) is 8.62. The van der Waals surface area contributed by atoms with E-state index in [4.69, 9.17) is 4.74 Å². The van der Waals surface area contributed by atoms with Gasteiger partial charge in [-0.1, -0.05) is 24.3 Å². The van der Waals surface area contributed by atoms with Crippen molar-refractivity contribution < 1.29 is 4.74 Å². The maximum absolute atomic E-state index is 13.7. The molecule has 1 saturated heterocycles. The lowest BCUT2D eigenvalue weighted by Crippen LogP contribution is -2.30. The molecule has 4 atom stereocenters. The van der Waals surface area contributed by atoms with E-state index in [2.05, 4.69) is 22.2 Å². The van der Waals surface area contributed by atoms with E-state index in [1.54, 1.807) is 11.0 Å². The molecule has 148 valence electrons. The summed E-state index contributed by atoms with van der Waals surface area (Å²) in [4.78, 5) is 18.3. The maximum Gasteiger partial charge on any atom is 0.279 e. The van der Waals surface area contributed by atoms with E-state index in [0.29, 0.717) is 29.8 Å². The van der Waals surface area contributed by atoms with Crippen LogP contribution in [-0.2, 0) is 4.74 Å². The molecule has 0 N–H and O–H groups in total. The molecular formula is C21H22N6O2. The first kappa shape index (κ1) is 16.9. The third kappa shape index (κ3) is 2.42. The number of imidazole rings is 1. The van der Waals surface area contributed by atoms with Gasteiger partial charge >= 0.3 is 0 Å². The zero-order chi connectivity index (χ0) is 19.7. The van der Waals surface area contributed by atoms with Crippen molar-refractivity contribution in [3.05, 3.63) is 52.8 Å². The standard InChI is InChI=1S/C21H22N6O2/c1-12-9-14(12)15-10-26(24-23-15)20-19-21(28)27(16-7-8-29-13(16)2)18-6-4-3-5-17(18)25(19)11-22-20/h3-6,10-14,16H,7-9H2,1-2H3. The number of benzene rings is 1. The van der Waals surface area contributed by atoms with Crippen LogP contribution in [0.2, 0.25) is 0 Å². The normalized spacial score (nSPS) is 26.6. The fourth-order valence-electron chi connectivity index (χ4n) is 4.66. The molecule has 1 aliphatic heterocycles. The summed E-state index contributed by atoms with van der Waals surface area (Å²) in [5.74, 6) is 1.63. The number of aromatic nitrogens is 6. The fraction of sp³-hybridized carbons (Fsp3) is 0.429. The summed E-state index contributed by atoms with van der Waals surface area (Å²) < 4.78 is 11.2. The highest BCUT2D eigenvalue weighted by Crippen LogP contribution is 2.45. The fourth-order valence-corrected chi connectivity index (χ4v) is 4.66. The lowest BCUT2D eigenvalue weighted by molar-refractivity contribution is 0.108. The molecule has 2 aliphatic rings. The highest BCUT2D eigenvalue weighted by molar-refractivity contribution is 5.81. The van der Waals surface area contributed by atoms with Gasteiger partial charge < -0.3 is 4.74 Å². The molecule has 0 spiro atoms. The number of para-hydroxylation sites is 2. The Balaban J connectivity index is 1.62. The smallest absolute Gasteiger partial charge is 0.279 e. The zero-order valence-corrected chi connectivity index (χ0v) is 16.4. The van der Waals surface area contributed by atoms with Crippen LogP contribution in [0.3, 0.4) is 0 Å². The molecule has 0 amide bonds. The van der Waals surface area contributed by atoms with Crippen molar-refractivity contribution in [2.75, 3.05) is 6.61 Å². The first-order valence-corrected chi connectivity index (χ1v) is 10.2. The zero-order valence-electron chi connectivity index (χ0n) is 16.4. The third-order valence-electron chi connectivity index (χ3n) is 6.46. The van der Waals surface area contributed by atoms with E-state index in [-0.39, 0.29) is 17.7 Å². The molecule has 4 unspecified atom stereocenters. The van der Waals surface area contributed by atoms with E-state index in [9.17, 15) is 4.79 Å². The molecule has 1 aromatic carbocycles. The number of rotatable bonds is 3. The van der Waals surface area contributed by atoms with Crippen molar-refractivity contribution in [3.63, 3.8) is 0 Å².